The third-order valence-corrected chi connectivity index (χ3v) is 4.62. The summed E-state index contributed by atoms with van der Waals surface area (Å²) in [6.45, 7) is 0.616. The Morgan fingerprint density at radius 3 is 2.25 bits per heavy atom. The summed E-state index contributed by atoms with van der Waals surface area (Å²) in [5.41, 5.74) is 3.81. The molecule has 5 nitrogen and oxygen atoms in total. The molecule has 2 aromatic heterocycles. The van der Waals surface area contributed by atoms with Crippen LogP contribution >= 0.6 is 0 Å². The van der Waals surface area contributed by atoms with Crippen molar-refractivity contribution in [1.29, 1.82) is 0 Å². The number of carbonyl (C=O) groups is 1. The second-order valence-electron chi connectivity index (χ2n) is 6.51. The van der Waals surface area contributed by atoms with E-state index < -0.39 is 0 Å². The number of nitrogens with one attached hydrogen (secondary N) is 1. The predicted octanol–water partition coefficient (Wildman–Crippen LogP) is 4.12. The van der Waals surface area contributed by atoms with Crippen LogP contribution in [0.4, 0.5) is 0 Å². The number of amides is 1. The van der Waals surface area contributed by atoms with Gasteiger partial charge in [0.25, 0.3) is 5.91 Å². The molecule has 1 N–H and O–H groups in total. The van der Waals surface area contributed by atoms with Crippen LogP contribution in [-0.4, -0.2) is 20.4 Å². The summed E-state index contributed by atoms with van der Waals surface area (Å²) in [5, 5.41) is 3.15. The van der Waals surface area contributed by atoms with E-state index in [4.69, 9.17) is 0 Å². The van der Waals surface area contributed by atoms with Gasteiger partial charge in [0.15, 0.2) is 0 Å². The van der Waals surface area contributed by atoms with Crippen LogP contribution in [0.5, 0.6) is 0 Å². The third-order valence-electron chi connectivity index (χ3n) is 4.62. The topological polar surface area (TPSA) is 59.8 Å². The van der Waals surface area contributed by atoms with Crippen LogP contribution in [0.3, 0.4) is 0 Å². The lowest BCUT2D eigenvalue weighted by Crippen LogP contribution is -2.31. The molecule has 4 rings (SSSR count). The zero-order valence-corrected chi connectivity index (χ0v) is 15.3. The Balaban J connectivity index is 1.52. The fourth-order valence-corrected chi connectivity index (χ4v) is 3.13. The fourth-order valence-electron chi connectivity index (χ4n) is 3.13. The van der Waals surface area contributed by atoms with E-state index in [-0.39, 0.29) is 11.9 Å². The number of pyridine rings is 1. The van der Waals surface area contributed by atoms with Crippen LogP contribution in [0.15, 0.2) is 97.8 Å². The molecular weight excluding hydrogens is 348 g/mol. The minimum atomic E-state index is -0.150. The smallest absolute Gasteiger partial charge is 0.251 e. The molecule has 1 unspecified atom stereocenters. The van der Waals surface area contributed by atoms with Gasteiger partial charge in [-0.2, -0.15) is 0 Å². The maximum absolute atomic E-state index is 12.9. The van der Waals surface area contributed by atoms with Crippen LogP contribution in [0.2, 0.25) is 0 Å². The van der Waals surface area contributed by atoms with E-state index in [0.29, 0.717) is 12.1 Å². The quantitative estimate of drug-likeness (QED) is 0.557. The van der Waals surface area contributed by atoms with Gasteiger partial charge in [0.05, 0.1) is 12.4 Å². The normalized spacial score (nSPS) is 11.7. The third kappa shape index (κ3) is 4.15. The van der Waals surface area contributed by atoms with Gasteiger partial charge in [-0.3, -0.25) is 9.78 Å². The van der Waals surface area contributed by atoms with Crippen molar-refractivity contribution >= 4 is 5.91 Å². The Bertz CT molecular complexity index is 1010. The van der Waals surface area contributed by atoms with E-state index in [1.807, 2.05) is 77.5 Å². The van der Waals surface area contributed by atoms with Crippen molar-refractivity contribution in [3.63, 3.8) is 0 Å². The highest BCUT2D eigenvalue weighted by atomic mass is 16.1. The molecule has 2 heterocycles. The molecule has 0 fully saturated rings. The average molecular weight is 368 g/mol. The maximum atomic E-state index is 12.9. The van der Waals surface area contributed by atoms with Gasteiger partial charge in [-0.15, -0.1) is 0 Å². The first-order valence-electron chi connectivity index (χ1n) is 9.11. The largest absolute Gasteiger partial charge is 0.343 e. The number of hydrogen-bond acceptors (Lipinski definition) is 3. The summed E-state index contributed by atoms with van der Waals surface area (Å²) < 4.78 is 1.96. The SMILES string of the molecule is O=C(NC(Cn1ccnc1)c1ccccc1)c1ccc(-c2ccncc2)cc1. The van der Waals surface area contributed by atoms with Crippen molar-refractivity contribution in [2.75, 3.05) is 0 Å². The second-order valence-corrected chi connectivity index (χ2v) is 6.51. The zero-order valence-electron chi connectivity index (χ0n) is 15.3. The summed E-state index contributed by atoms with van der Waals surface area (Å²) in [6, 6.07) is 21.3. The Morgan fingerprint density at radius 1 is 0.857 bits per heavy atom. The highest BCUT2D eigenvalue weighted by molar-refractivity contribution is 5.95. The number of rotatable bonds is 6. The van der Waals surface area contributed by atoms with Crippen molar-refractivity contribution in [2.45, 2.75) is 12.6 Å². The van der Waals surface area contributed by atoms with Crippen molar-refractivity contribution in [2.24, 2.45) is 0 Å². The molecule has 0 aliphatic rings. The molecule has 138 valence electrons. The second kappa shape index (κ2) is 8.31. The minimum Gasteiger partial charge on any atom is -0.343 e. The van der Waals surface area contributed by atoms with E-state index in [9.17, 15) is 4.79 Å². The van der Waals surface area contributed by atoms with Crippen LogP contribution in [0, 0.1) is 0 Å². The number of nitrogens with zero attached hydrogens (tertiary/aromatic N) is 3. The molecule has 0 spiro atoms. The molecule has 0 bridgehead atoms. The molecule has 0 radical (unpaired) electrons. The number of hydrogen-bond donors (Lipinski definition) is 1. The summed E-state index contributed by atoms with van der Waals surface area (Å²) in [5.74, 6) is -0.102. The van der Waals surface area contributed by atoms with Crippen LogP contribution in [0.1, 0.15) is 22.0 Å². The van der Waals surface area contributed by atoms with E-state index >= 15 is 0 Å². The molecule has 0 saturated heterocycles. The van der Waals surface area contributed by atoms with Crippen molar-refractivity contribution in [3.8, 4) is 11.1 Å². The number of aromatic nitrogens is 3. The molecule has 4 aromatic rings. The molecule has 1 amide bonds. The average Bonchev–Trinajstić information content (AvgIpc) is 3.28. The molecule has 2 aromatic carbocycles. The van der Waals surface area contributed by atoms with Crippen molar-refractivity contribution in [3.05, 3.63) is 109 Å². The van der Waals surface area contributed by atoms with E-state index in [1.54, 1.807) is 24.9 Å². The molecule has 1 atom stereocenters. The number of imidazole rings is 1. The van der Waals surface area contributed by atoms with Gasteiger partial charge in [0, 0.05) is 36.9 Å². The Hall–Kier alpha value is -3.73. The van der Waals surface area contributed by atoms with Gasteiger partial charge < -0.3 is 9.88 Å². The molecule has 0 aliphatic heterocycles. The molecule has 0 saturated carbocycles. The highest BCUT2D eigenvalue weighted by Crippen LogP contribution is 2.20. The maximum Gasteiger partial charge on any atom is 0.251 e. The van der Waals surface area contributed by atoms with Gasteiger partial charge >= 0.3 is 0 Å². The summed E-state index contributed by atoms with van der Waals surface area (Å²) >= 11 is 0. The molecule has 5 heteroatoms. The summed E-state index contributed by atoms with van der Waals surface area (Å²) in [6.07, 6.45) is 8.91. The monoisotopic (exact) mass is 368 g/mol. The number of benzene rings is 2. The first-order valence-corrected chi connectivity index (χ1v) is 9.11. The van der Waals surface area contributed by atoms with Crippen LogP contribution in [-0.2, 0) is 6.54 Å². The molecular formula is C23H20N4O. The zero-order chi connectivity index (χ0) is 19.2. The summed E-state index contributed by atoms with van der Waals surface area (Å²) in [4.78, 5) is 21.0. The Labute approximate surface area is 163 Å². The lowest BCUT2D eigenvalue weighted by atomic mass is 10.0. The van der Waals surface area contributed by atoms with E-state index in [0.717, 1.165) is 16.7 Å². The van der Waals surface area contributed by atoms with Crippen LogP contribution in [0.25, 0.3) is 11.1 Å². The lowest BCUT2D eigenvalue weighted by Gasteiger charge is -2.20. The fraction of sp³-hybridized carbons (Fsp3) is 0.0870. The highest BCUT2D eigenvalue weighted by Gasteiger charge is 2.16. The Kier molecular flexibility index (Phi) is 5.24. The standard InChI is InChI=1S/C23H20N4O/c28-23(21-8-6-18(7-9-21)19-10-12-24-13-11-19)26-22(16-27-15-14-25-17-27)20-4-2-1-3-5-20/h1-15,17,22H,16H2,(H,26,28). The van der Waals surface area contributed by atoms with Gasteiger partial charge in [0.2, 0.25) is 0 Å². The van der Waals surface area contributed by atoms with Gasteiger partial charge in [0.1, 0.15) is 0 Å². The minimum absolute atomic E-state index is 0.102. The summed E-state index contributed by atoms with van der Waals surface area (Å²) in [7, 11) is 0. The molecule has 0 aliphatic carbocycles. The first-order chi connectivity index (χ1) is 13.8. The van der Waals surface area contributed by atoms with Gasteiger partial charge in [-0.05, 0) is 41.0 Å². The van der Waals surface area contributed by atoms with Crippen LogP contribution < -0.4 is 5.32 Å². The van der Waals surface area contributed by atoms with E-state index in [1.165, 1.54) is 0 Å². The molecule has 28 heavy (non-hydrogen) atoms. The van der Waals surface area contributed by atoms with Crippen molar-refractivity contribution < 1.29 is 4.79 Å². The van der Waals surface area contributed by atoms with E-state index in [2.05, 4.69) is 15.3 Å². The van der Waals surface area contributed by atoms with Crippen molar-refractivity contribution in [1.82, 2.24) is 19.9 Å². The van der Waals surface area contributed by atoms with Gasteiger partial charge in [-0.25, -0.2) is 4.98 Å². The number of carbonyl (C=O) groups excluding carboxylic acids is 1. The lowest BCUT2D eigenvalue weighted by molar-refractivity contribution is 0.0932. The first kappa shape index (κ1) is 17.7. The van der Waals surface area contributed by atoms with Gasteiger partial charge in [-0.1, -0.05) is 42.5 Å². The Morgan fingerprint density at radius 2 is 1.57 bits per heavy atom. The predicted molar refractivity (Wildman–Crippen MR) is 109 cm³/mol.